The first-order valence-corrected chi connectivity index (χ1v) is 5.97. The third-order valence-electron chi connectivity index (χ3n) is 2.65. The molecule has 0 unspecified atom stereocenters. The van der Waals surface area contributed by atoms with Gasteiger partial charge in [0.2, 0.25) is 0 Å². The molecule has 0 aliphatic carbocycles. The Labute approximate surface area is 108 Å². The summed E-state index contributed by atoms with van der Waals surface area (Å²) in [6.07, 6.45) is 0. The zero-order valence-corrected chi connectivity index (χ0v) is 11.1. The molecule has 2 rings (SSSR count). The van der Waals surface area contributed by atoms with Crippen LogP contribution in [-0.2, 0) is 18.4 Å². The van der Waals surface area contributed by atoms with Gasteiger partial charge in [0.15, 0.2) is 0 Å². The predicted molar refractivity (Wildman–Crippen MR) is 72.0 cm³/mol. The lowest BCUT2D eigenvalue weighted by atomic mass is 10.1. The number of hydrogen-bond donors (Lipinski definition) is 0. The van der Waals surface area contributed by atoms with Crippen molar-refractivity contribution in [3.63, 3.8) is 0 Å². The smallest absolute Gasteiger partial charge is 0.0990 e. The molecule has 0 aliphatic heterocycles. The number of rotatable bonds is 5. The summed E-state index contributed by atoms with van der Waals surface area (Å²) in [5.74, 6) is 0. The highest BCUT2D eigenvalue weighted by molar-refractivity contribution is 5.58. The molecule has 0 fully saturated rings. The van der Waals surface area contributed by atoms with Gasteiger partial charge in [-0.05, 0) is 20.2 Å². The molecule has 0 amide bonds. The van der Waals surface area contributed by atoms with E-state index < -0.39 is 0 Å². The molecule has 0 saturated carbocycles. The normalized spacial score (nSPS) is 11.1. The van der Waals surface area contributed by atoms with Crippen molar-refractivity contribution >= 4 is 0 Å². The fraction of sp³-hybridized carbons (Fsp3) is 0.357. The van der Waals surface area contributed by atoms with Crippen LogP contribution in [-0.4, -0.2) is 35.5 Å². The van der Waals surface area contributed by atoms with E-state index in [-0.39, 0.29) is 0 Å². The third kappa shape index (κ3) is 3.18. The Kier molecular flexibility index (Phi) is 4.12. The van der Waals surface area contributed by atoms with Gasteiger partial charge in [-0.2, -0.15) is 5.10 Å². The van der Waals surface area contributed by atoms with Crippen LogP contribution in [0.2, 0.25) is 0 Å². The van der Waals surface area contributed by atoms with Crippen molar-refractivity contribution in [2.75, 3.05) is 20.8 Å². The lowest BCUT2D eigenvalue weighted by Gasteiger charge is -2.09. The summed E-state index contributed by atoms with van der Waals surface area (Å²) >= 11 is 0. The van der Waals surface area contributed by atoms with E-state index in [9.17, 15) is 0 Å². The summed E-state index contributed by atoms with van der Waals surface area (Å²) in [4.78, 5) is 1.99. The number of aromatic nitrogens is 2. The van der Waals surface area contributed by atoms with Gasteiger partial charge in [-0.3, -0.25) is 9.58 Å². The lowest BCUT2D eigenvalue weighted by molar-refractivity contribution is 0.0419. The SMILES string of the molecule is CN(C)COCc1cc(-c2ccccc2)nn1C. The predicted octanol–water partition coefficient (Wildman–Crippen LogP) is 2.12. The molecule has 4 nitrogen and oxygen atoms in total. The van der Waals surface area contributed by atoms with Crippen molar-refractivity contribution < 1.29 is 4.74 Å². The number of benzene rings is 1. The molecule has 1 aromatic carbocycles. The molecule has 0 radical (unpaired) electrons. The molecule has 0 N–H and O–H groups in total. The highest BCUT2D eigenvalue weighted by atomic mass is 16.5. The van der Waals surface area contributed by atoms with Crippen molar-refractivity contribution in [2.45, 2.75) is 6.61 Å². The highest BCUT2D eigenvalue weighted by Crippen LogP contribution is 2.18. The van der Waals surface area contributed by atoms with Gasteiger partial charge in [0.05, 0.1) is 24.7 Å². The van der Waals surface area contributed by atoms with Crippen molar-refractivity contribution in [3.8, 4) is 11.3 Å². The summed E-state index contributed by atoms with van der Waals surface area (Å²) in [5.41, 5.74) is 3.20. The zero-order chi connectivity index (χ0) is 13.0. The topological polar surface area (TPSA) is 30.3 Å². The van der Waals surface area contributed by atoms with Crippen LogP contribution in [0.3, 0.4) is 0 Å². The van der Waals surface area contributed by atoms with Crippen LogP contribution in [0.5, 0.6) is 0 Å². The molecule has 96 valence electrons. The lowest BCUT2D eigenvalue weighted by Crippen LogP contribution is -2.16. The monoisotopic (exact) mass is 245 g/mol. The van der Waals surface area contributed by atoms with Gasteiger partial charge in [0, 0.05) is 12.6 Å². The Morgan fingerprint density at radius 3 is 2.61 bits per heavy atom. The van der Waals surface area contributed by atoms with E-state index in [2.05, 4.69) is 23.3 Å². The first-order valence-electron chi connectivity index (χ1n) is 5.97. The number of aryl methyl sites for hydroxylation is 1. The Morgan fingerprint density at radius 1 is 1.22 bits per heavy atom. The summed E-state index contributed by atoms with van der Waals surface area (Å²) in [6.45, 7) is 1.19. The van der Waals surface area contributed by atoms with Crippen LogP contribution >= 0.6 is 0 Å². The van der Waals surface area contributed by atoms with Crippen LogP contribution in [0.15, 0.2) is 36.4 Å². The standard InChI is InChI=1S/C14H19N3O/c1-16(2)11-18-10-13-9-14(15-17(13)3)12-7-5-4-6-8-12/h4-9H,10-11H2,1-3H3. The second-order valence-electron chi connectivity index (χ2n) is 4.57. The van der Waals surface area contributed by atoms with Crippen LogP contribution in [0, 0.1) is 0 Å². The Morgan fingerprint density at radius 2 is 1.94 bits per heavy atom. The third-order valence-corrected chi connectivity index (χ3v) is 2.65. The van der Waals surface area contributed by atoms with E-state index >= 15 is 0 Å². The largest absolute Gasteiger partial charge is 0.360 e. The summed E-state index contributed by atoms with van der Waals surface area (Å²) in [6, 6.07) is 12.2. The molecule has 0 aliphatic rings. The van der Waals surface area contributed by atoms with Crippen LogP contribution in [0.1, 0.15) is 5.69 Å². The van der Waals surface area contributed by atoms with Crippen molar-refractivity contribution in [1.82, 2.24) is 14.7 Å². The highest BCUT2D eigenvalue weighted by Gasteiger charge is 2.06. The van der Waals surface area contributed by atoms with Gasteiger partial charge in [-0.1, -0.05) is 30.3 Å². The van der Waals surface area contributed by atoms with Gasteiger partial charge in [0.1, 0.15) is 0 Å². The maximum absolute atomic E-state index is 5.58. The van der Waals surface area contributed by atoms with Gasteiger partial charge in [-0.15, -0.1) is 0 Å². The molecule has 18 heavy (non-hydrogen) atoms. The van der Waals surface area contributed by atoms with Crippen molar-refractivity contribution in [3.05, 3.63) is 42.1 Å². The molecular weight excluding hydrogens is 226 g/mol. The molecule has 0 bridgehead atoms. The first kappa shape index (κ1) is 12.8. The minimum Gasteiger partial charge on any atom is -0.360 e. The van der Waals surface area contributed by atoms with Gasteiger partial charge in [-0.25, -0.2) is 0 Å². The quantitative estimate of drug-likeness (QED) is 0.756. The van der Waals surface area contributed by atoms with Gasteiger partial charge >= 0.3 is 0 Å². The average Bonchev–Trinajstić information content (AvgIpc) is 2.72. The summed E-state index contributed by atoms with van der Waals surface area (Å²) in [5, 5.41) is 4.50. The second-order valence-corrected chi connectivity index (χ2v) is 4.57. The van der Waals surface area contributed by atoms with Crippen molar-refractivity contribution in [2.24, 2.45) is 7.05 Å². The van der Waals surface area contributed by atoms with Crippen molar-refractivity contribution in [1.29, 1.82) is 0 Å². The molecule has 1 heterocycles. The van der Waals surface area contributed by atoms with Gasteiger partial charge in [0.25, 0.3) is 0 Å². The van der Waals surface area contributed by atoms with Crippen LogP contribution in [0.25, 0.3) is 11.3 Å². The van der Waals surface area contributed by atoms with E-state index in [1.165, 1.54) is 0 Å². The number of nitrogens with zero attached hydrogens (tertiary/aromatic N) is 3. The minimum absolute atomic E-state index is 0.578. The zero-order valence-electron chi connectivity index (χ0n) is 11.1. The Bertz CT molecular complexity index is 491. The molecular formula is C14H19N3O. The van der Waals surface area contributed by atoms with E-state index in [0.717, 1.165) is 17.0 Å². The summed E-state index contributed by atoms with van der Waals surface area (Å²) in [7, 11) is 5.91. The maximum Gasteiger partial charge on any atom is 0.0990 e. The molecule has 0 spiro atoms. The van der Waals surface area contributed by atoms with Crippen LogP contribution < -0.4 is 0 Å². The Balaban J connectivity index is 2.08. The molecule has 4 heteroatoms. The summed E-state index contributed by atoms with van der Waals surface area (Å²) < 4.78 is 7.45. The minimum atomic E-state index is 0.578. The molecule has 1 aromatic heterocycles. The maximum atomic E-state index is 5.58. The number of ether oxygens (including phenoxy) is 1. The average molecular weight is 245 g/mol. The molecule has 2 aromatic rings. The first-order chi connectivity index (χ1) is 8.66. The fourth-order valence-electron chi connectivity index (χ4n) is 1.72. The van der Waals surface area contributed by atoms with Gasteiger partial charge < -0.3 is 4.74 Å². The molecule has 0 atom stereocenters. The van der Waals surface area contributed by atoms with E-state index in [4.69, 9.17) is 4.74 Å². The number of hydrogen-bond acceptors (Lipinski definition) is 3. The second kappa shape index (κ2) is 5.80. The molecule has 0 saturated heterocycles. The Hall–Kier alpha value is -1.65. The van der Waals surface area contributed by atoms with E-state index in [0.29, 0.717) is 13.3 Å². The van der Waals surface area contributed by atoms with Crippen LogP contribution in [0.4, 0.5) is 0 Å². The van der Waals surface area contributed by atoms with E-state index in [1.807, 2.05) is 48.9 Å². The van der Waals surface area contributed by atoms with E-state index in [1.54, 1.807) is 0 Å². The fourth-order valence-corrected chi connectivity index (χ4v) is 1.72.